The lowest BCUT2D eigenvalue weighted by molar-refractivity contribution is -0.595. The van der Waals surface area contributed by atoms with E-state index in [0.29, 0.717) is 0 Å². The summed E-state index contributed by atoms with van der Waals surface area (Å²) in [5.74, 6) is 0. The topological polar surface area (TPSA) is 69.2 Å². The van der Waals surface area contributed by atoms with E-state index in [1.165, 1.54) is 44.8 Å². The molecule has 0 aliphatic heterocycles. The fourth-order valence-electron chi connectivity index (χ4n) is 3.78. The van der Waals surface area contributed by atoms with Crippen LogP contribution in [0.25, 0.3) is 11.4 Å². The number of hydrogen-bond acceptors (Lipinski definition) is 2. The van der Waals surface area contributed by atoms with Gasteiger partial charge in [0.2, 0.25) is 6.16 Å². The number of carbonyl (C=O) groups is 1. The lowest BCUT2D eigenvalue weighted by atomic mass is 10.0. The summed E-state index contributed by atoms with van der Waals surface area (Å²) < 4.78 is 4.45. The van der Waals surface area contributed by atoms with Gasteiger partial charge in [0.1, 0.15) is 23.8 Å². The van der Waals surface area contributed by atoms with Crippen LogP contribution in [0.2, 0.25) is 0 Å². The zero-order valence-corrected chi connectivity index (χ0v) is 16.7. The van der Waals surface area contributed by atoms with Crippen LogP contribution in [-0.4, -0.2) is 15.8 Å². The Hall–Kier alpha value is -3.08. The third-order valence-corrected chi connectivity index (χ3v) is 4.42. The van der Waals surface area contributed by atoms with E-state index in [-0.39, 0.29) is 0 Å². The molecule has 2 aromatic carbocycles. The van der Waals surface area contributed by atoms with Gasteiger partial charge in [0, 0.05) is 0 Å². The molecule has 3 rings (SSSR count). The average molecular weight is 366 g/mol. The van der Waals surface area contributed by atoms with Gasteiger partial charge < -0.3 is 15.0 Å². The van der Waals surface area contributed by atoms with E-state index in [0.717, 1.165) is 0 Å². The minimum Gasteiger partial charge on any atom is -0.565 e. The molecule has 1 heterocycles. The maximum atomic E-state index is 8.44. The highest BCUT2D eigenvalue weighted by Crippen LogP contribution is 2.21. The Morgan fingerprint density at radius 2 is 1.30 bits per heavy atom. The van der Waals surface area contributed by atoms with E-state index < -0.39 is 6.16 Å². The molecular formula is C22H26N2O3. The number of hydrogen-bond donors (Lipinski definition) is 1. The van der Waals surface area contributed by atoms with Crippen LogP contribution in [-0.2, 0) is 0 Å². The van der Waals surface area contributed by atoms with Gasteiger partial charge in [-0.3, -0.25) is 0 Å². The normalized spacial score (nSPS) is 10.3. The molecule has 0 fully saturated rings. The van der Waals surface area contributed by atoms with E-state index in [2.05, 4.69) is 93.7 Å². The monoisotopic (exact) mass is 366 g/mol. The van der Waals surface area contributed by atoms with Crippen molar-refractivity contribution in [1.29, 1.82) is 0 Å². The summed E-state index contributed by atoms with van der Waals surface area (Å²) in [5.41, 5.74) is 10.4. The van der Waals surface area contributed by atoms with Crippen LogP contribution in [0.15, 0.2) is 43.0 Å². The number of benzene rings is 2. The number of aryl methyl sites for hydroxylation is 6. The smallest absolute Gasteiger partial charge is 0.254 e. The van der Waals surface area contributed by atoms with Crippen molar-refractivity contribution in [3.05, 3.63) is 76.4 Å². The highest BCUT2D eigenvalue weighted by molar-refractivity contribution is 5.50. The molecule has 0 aliphatic rings. The van der Waals surface area contributed by atoms with Crippen molar-refractivity contribution >= 4 is 6.16 Å². The second kappa shape index (κ2) is 8.08. The van der Waals surface area contributed by atoms with Gasteiger partial charge in [0.25, 0.3) is 6.33 Å². The van der Waals surface area contributed by atoms with E-state index in [9.17, 15) is 0 Å². The van der Waals surface area contributed by atoms with Crippen LogP contribution < -0.4 is 9.67 Å². The Balaban J connectivity index is 0.000000596. The van der Waals surface area contributed by atoms with Crippen LogP contribution in [0.1, 0.15) is 33.4 Å². The molecule has 1 aromatic heterocycles. The second-order valence-electron chi connectivity index (χ2n) is 6.99. The molecule has 142 valence electrons. The van der Waals surface area contributed by atoms with Crippen LogP contribution in [0.5, 0.6) is 0 Å². The molecule has 5 heteroatoms. The molecule has 1 N–H and O–H groups in total. The first-order chi connectivity index (χ1) is 12.6. The molecule has 0 saturated carbocycles. The van der Waals surface area contributed by atoms with Crippen LogP contribution in [0.3, 0.4) is 0 Å². The number of nitrogens with zero attached hydrogens (tertiary/aromatic N) is 2. The van der Waals surface area contributed by atoms with Gasteiger partial charge in [-0.1, -0.05) is 35.4 Å². The lowest BCUT2D eigenvalue weighted by Crippen LogP contribution is -2.30. The third-order valence-electron chi connectivity index (χ3n) is 4.42. The maximum absolute atomic E-state index is 8.44. The molecule has 0 unspecified atom stereocenters. The standard InChI is InChI=1S/C21H25N2.CH2O3/c1-14-9-16(3)20(17(4)10-14)22-7-8-23(13-22)21-18(5)11-15(2)12-19(21)6;2-1(3)4/h7-13H,1-6H3;(H2,2,3,4)/q+1;/p-1. The highest BCUT2D eigenvalue weighted by Gasteiger charge is 2.16. The third kappa shape index (κ3) is 4.76. The Labute approximate surface area is 160 Å². The van der Waals surface area contributed by atoms with Crippen molar-refractivity contribution in [2.75, 3.05) is 0 Å². The van der Waals surface area contributed by atoms with Crippen molar-refractivity contribution in [1.82, 2.24) is 4.57 Å². The predicted molar refractivity (Wildman–Crippen MR) is 104 cm³/mol. The quantitative estimate of drug-likeness (QED) is 0.706. The predicted octanol–water partition coefficient (Wildman–Crippen LogP) is 3.49. The molecule has 0 atom stereocenters. The Bertz CT molecular complexity index is 865. The number of carboxylic acid groups (broad SMARTS) is 2. The summed E-state index contributed by atoms with van der Waals surface area (Å²) in [6, 6.07) is 8.98. The fraction of sp³-hybridized carbons (Fsp3) is 0.273. The van der Waals surface area contributed by atoms with Gasteiger partial charge in [-0.15, -0.1) is 0 Å². The van der Waals surface area contributed by atoms with E-state index >= 15 is 0 Å². The van der Waals surface area contributed by atoms with Crippen molar-refractivity contribution in [2.45, 2.75) is 41.5 Å². The molecule has 0 bridgehead atoms. The molecule has 27 heavy (non-hydrogen) atoms. The summed E-state index contributed by atoms with van der Waals surface area (Å²) in [7, 11) is 0. The van der Waals surface area contributed by atoms with Crippen LogP contribution in [0, 0.1) is 41.5 Å². The zero-order chi connectivity index (χ0) is 20.3. The number of aromatic nitrogens is 2. The molecular weight excluding hydrogens is 340 g/mol. The van der Waals surface area contributed by atoms with Crippen molar-refractivity contribution < 1.29 is 19.6 Å². The minimum atomic E-state index is -2.08. The van der Waals surface area contributed by atoms with Gasteiger partial charge in [0.15, 0.2) is 0 Å². The maximum Gasteiger partial charge on any atom is 0.254 e. The first-order valence-electron chi connectivity index (χ1n) is 8.75. The van der Waals surface area contributed by atoms with Crippen molar-refractivity contribution in [3.63, 3.8) is 0 Å². The molecule has 0 radical (unpaired) electrons. The first kappa shape index (κ1) is 20.2. The zero-order valence-electron chi connectivity index (χ0n) is 16.7. The Morgan fingerprint density at radius 3 is 1.74 bits per heavy atom. The van der Waals surface area contributed by atoms with Gasteiger partial charge in [-0.25, -0.2) is 9.13 Å². The molecule has 3 aromatic rings. The van der Waals surface area contributed by atoms with Crippen molar-refractivity contribution in [2.24, 2.45) is 0 Å². The van der Waals surface area contributed by atoms with E-state index in [1.54, 1.807) is 0 Å². The van der Waals surface area contributed by atoms with E-state index in [1.807, 2.05) is 0 Å². The van der Waals surface area contributed by atoms with Crippen molar-refractivity contribution in [3.8, 4) is 11.4 Å². The molecule has 5 nitrogen and oxygen atoms in total. The minimum absolute atomic E-state index is 1.27. The average Bonchev–Trinajstić information content (AvgIpc) is 2.93. The Morgan fingerprint density at radius 1 is 0.889 bits per heavy atom. The molecule has 0 aliphatic carbocycles. The van der Waals surface area contributed by atoms with Gasteiger partial charge in [-0.05, 0) is 63.8 Å². The lowest BCUT2D eigenvalue weighted by Gasteiger charge is -2.08. The summed E-state index contributed by atoms with van der Waals surface area (Å²) in [6.45, 7) is 13.0. The first-order valence-corrected chi connectivity index (χ1v) is 8.75. The summed E-state index contributed by atoms with van der Waals surface area (Å²) >= 11 is 0. The second-order valence-corrected chi connectivity index (χ2v) is 6.99. The highest BCUT2D eigenvalue weighted by atomic mass is 16.6. The van der Waals surface area contributed by atoms with E-state index in [4.69, 9.17) is 15.0 Å². The summed E-state index contributed by atoms with van der Waals surface area (Å²) in [5, 5.41) is 15.3. The van der Waals surface area contributed by atoms with Crippen LogP contribution in [0.4, 0.5) is 4.79 Å². The Kier molecular flexibility index (Phi) is 6.05. The summed E-state index contributed by atoms with van der Waals surface area (Å²) in [6.07, 6.45) is 4.38. The van der Waals surface area contributed by atoms with Gasteiger partial charge in [0.05, 0.1) is 0 Å². The SMILES string of the molecule is Cc1cc(C)c(-n2cc[n+](-c3c(C)cc(C)cc3C)c2)c(C)c1.O=C([O-])O. The summed E-state index contributed by atoms with van der Waals surface area (Å²) in [4.78, 5) is 8.44. The molecule has 0 saturated heterocycles. The van der Waals surface area contributed by atoms with Gasteiger partial charge in [-0.2, -0.15) is 0 Å². The number of rotatable bonds is 2. The number of imidazole rings is 1. The van der Waals surface area contributed by atoms with Gasteiger partial charge >= 0.3 is 0 Å². The fourth-order valence-corrected chi connectivity index (χ4v) is 3.78. The van der Waals surface area contributed by atoms with Crippen LogP contribution >= 0.6 is 0 Å². The largest absolute Gasteiger partial charge is 0.565 e. The molecule has 0 spiro atoms. The molecule has 0 amide bonds.